The second-order valence-corrected chi connectivity index (χ2v) is 3.57. The van der Waals surface area contributed by atoms with Crippen LogP contribution in [0.1, 0.15) is 18.4 Å². The number of nitrogens with zero attached hydrogens (tertiary/aromatic N) is 1. The Bertz CT molecular complexity index is 381. The molecule has 2 heterocycles. The maximum atomic E-state index is 5.67. The fourth-order valence-electron chi connectivity index (χ4n) is 2.11. The zero-order chi connectivity index (χ0) is 8.67. The van der Waals surface area contributed by atoms with Crippen LogP contribution in [0.5, 0.6) is 0 Å². The van der Waals surface area contributed by atoms with E-state index in [-0.39, 0.29) is 0 Å². The van der Waals surface area contributed by atoms with Crippen molar-refractivity contribution in [2.24, 2.45) is 0 Å². The van der Waals surface area contributed by atoms with Gasteiger partial charge in [-0.2, -0.15) is 4.58 Å². The Kier molecular flexibility index (Phi) is 1.42. The molecule has 2 aliphatic rings. The van der Waals surface area contributed by atoms with Crippen molar-refractivity contribution < 1.29 is 9.31 Å². The Morgan fingerprint density at radius 2 is 2.15 bits per heavy atom. The first-order valence-electron chi connectivity index (χ1n) is 4.79. The van der Waals surface area contributed by atoms with Crippen molar-refractivity contribution >= 4 is 11.6 Å². The van der Waals surface area contributed by atoms with Crippen LogP contribution in [0.2, 0.25) is 0 Å². The predicted octanol–water partition coefficient (Wildman–Crippen LogP) is 2.05. The van der Waals surface area contributed by atoms with Gasteiger partial charge in [0.15, 0.2) is 6.54 Å². The third-order valence-electron chi connectivity index (χ3n) is 2.75. The van der Waals surface area contributed by atoms with Crippen molar-refractivity contribution in [1.29, 1.82) is 0 Å². The Morgan fingerprint density at radius 3 is 3.15 bits per heavy atom. The van der Waals surface area contributed by atoms with Gasteiger partial charge in [-0.05, 0) is 6.07 Å². The molecule has 66 valence electrons. The molecule has 0 bridgehead atoms. The van der Waals surface area contributed by atoms with Crippen LogP contribution in [0.3, 0.4) is 0 Å². The second kappa shape index (κ2) is 2.59. The number of fused-ring (bicyclic) bond motifs is 2. The smallest absolute Gasteiger partial charge is 0.342 e. The maximum absolute atomic E-state index is 5.67. The topological polar surface area (TPSA) is 12.2 Å². The van der Waals surface area contributed by atoms with Gasteiger partial charge in [-0.1, -0.05) is 12.1 Å². The molecule has 0 aliphatic carbocycles. The molecule has 0 amide bonds. The van der Waals surface area contributed by atoms with Crippen LogP contribution in [0.25, 0.3) is 0 Å². The number of rotatable bonds is 0. The SMILES string of the molecule is c1ccc2c(c1)COC1=[N+]2CCC1. The van der Waals surface area contributed by atoms with Crippen molar-refractivity contribution in [3.8, 4) is 0 Å². The van der Waals surface area contributed by atoms with E-state index < -0.39 is 0 Å². The highest BCUT2D eigenvalue weighted by Gasteiger charge is 2.31. The summed E-state index contributed by atoms with van der Waals surface area (Å²) in [5, 5.41) is 0. The first-order chi connectivity index (χ1) is 6.45. The predicted molar refractivity (Wildman–Crippen MR) is 50.3 cm³/mol. The normalized spacial score (nSPS) is 19.4. The fourth-order valence-corrected chi connectivity index (χ4v) is 2.11. The molecule has 2 heteroatoms. The molecule has 0 radical (unpaired) electrons. The molecule has 0 fully saturated rings. The highest BCUT2D eigenvalue weighted by atomic mass is 16.5. The van der Waals surface area contributed by atoms with E-state index in [4.69, 9.17) is 4.74 Å². The van der Waals surface area contributed by atoms with Crippen LogP contribution in [0.4, 0.5) is 5.69 Å². The largest absolute Gasteiger partial charge is 0.443 e. The van der Waals surface area contributed by atoms with Crippen LogP contribution in [0, 0.1) is 0 Å². The molecule has 0 saturated heterocycles. The third-order valence-corrected chi connectivity index (χ3v) is 2.75. The van der Waals surface area contributed by atoms with Gasteiger partial charge >= 0.3 is 5.90 Å². The minimum atomic E-state index is 0.752. The van der Waals surface area contributed by atoms with E-state index in [1.807, 2.05) is 0 Å². The Balaban J connectivity index is 2.18. The quantitative estimate of drug-likeness (QED) is 0.548. The number of ether oxygens (including phenoxy) is 1. The molecular weight excluding hydrogens is 162 g/mol. The standard InChI is InChI=1S/C11H12NO/c1-2-5-10-9(4-1)8-13-11-6-3-7-12(10)11/h1-2,4-5H,3,6-8H2/q+1. The van der Waals surface area contributed by atoms with E-state index in [9.17, 15) is 0 Å². The van der Waals surface area contributed by atoms with Gasteiger partial charge < -0.3 is 4.74 Å². The lowest BCUT2D eigenvalue weighted by Gasteiger charge is -2.12. The number of benzene rings is 1. The van der Waals surface area contributed by atoms with E-state index in [0.717, 1.165) is 19.6 Å². The summed E-state index contributed by atoms with van der Waals surface area (Å²) in [5.41, 5.74) is 2.66. The Labute approximate surface area is 77.5 Å². The molecule has 0 saturated carbocycles. The fraction of sp³-hybridized carbons (Fsp3) is 0.364. The zero-order valence-electron chi connectivity index (χ0n) is 7.49. The molecule has 1 aromatic rings. The van der Waals surface area contributed by atoms with Crippen LogP contribution in [-0.4, -0.2) is 17.0 Å². The summed E-state index contributed by atoms with van der Waals surface area (Å²) >= 11 is 0. The summed E-state index contributed by atoms with van der Waals surface area (Å²) in [6.07, 6.45) is 2.33. The van der Waals surface area contributed by atoms with Gasteiger partial charge in [0, 0.05) is 12.5 Å². The van der Waals surface area contributed by atoms with Gasteiger partial charge in [0.1, 0.15) is 6.61 Å². The van der Waals surface area contributed by atoms with Crippen molar-refractivity contribution in [2.75, 3.05) is 6.54 Å². The van der Waals surface area contributed by atoms with Gasteiger partial charge in [0.25, 0.3) is 0 Å². The monoisotopic (exact) mass is 174 g/mol. The van der Waals surface area contributed by atoms with E-state index in [0.29, 0.717) is 0 Å². The summed E-state index contributed by atoms with van der Waals surface area (Å²) in [4.78, 5) is 0. The van der Waals surface area contributed by atoms with Gasteiger partial charge in [-0.25, -0.2) is 0 Å². The van der Waals surface area contributed by atoms with Gasteiger partial charge in [-0.15, -0.1) is 0 Å². The van der Waals surface area contributed by atoms with E-state index in [2.05, 4.69) is 28.8 Å². The summed E-state index contributed by atoms with van der Waals surface area (Å²) < 4.78 is 7.98. The highest BCUT2D eigenvalue weighted by Crippen LogP contribution is 2.27. The maximum Gasteiger partial charge on any atom is 0.342 e. The van der Waals surface area contributed by atoms with Crippen molar-refractivity contribution in [3.63, 3.8) is 0 Å². The summed E-state index contributed by atoms with van der Waals surface area (Å²) in [6.45, 7) is 1.87. The first-order valence-corrected chi connectivity index (χ1v) is 4.79. The zero-order valence-corrected chi connectivity index (χ0v) is 7.49. The Morgan fingerprint density at radius 1 is 1.23 bits per heavy atom. The second-order valence-electron chi connectivity index (χ2n) is 3.57. The Hall–Kier alpha value is -1.31. The van der Waals surface area contributed by atoms with Gasteiger partial charge in [0.05, 0.1) is 12.0 Å². The van der Waals surface area contributed by atoms with Crippen molar-refractivity contribution in [1.82, 2.24) is 0 Å². The first kappa shape index (κ1) is 7.13. The highest BCUT2D eigenvalue weighted by molar-refractivity contribution is 5.75. The average Bonchev–Trinajstić information content (AvgIpc) is 2.65. The van der Waals surface area contributed by atoms with Crippen molar-refractivity contribution in [2.45, 2.75) is 19.4 Å². The lowest BCUT2D eigenvalue weighted by atomic mass is 10.1. The van der Waals surface area contributed by atoms with Crippen molar-refractivity contribution in [3.05, 3.63) is 29.8 Å². The lowest BCUT2D eigenvalue weighted by molar-refractivity contribution is -0.446. The lowest BCUT2D eigenvalue weighted by Crippen LogP contribution is -2.19. The van der Waals surface area contributed by atoms with Crippen LogP contribution >= 0.6 is 0 Å². The average molecular weight is 174 g/mol. The minimum Gasteiger partial charge on any atom is -0.443 e. The summed E-state index contributed by atoms with van der Waals surface area (Å²) in [5.74, 6) is 1.17. The van der Waals surface area contributed by atoms with E-state index in [1.54, 1.807) is 0 Å². The molecule has 2 aliphatic heterocycles. The van der Waals surface area contributed by atoms with Crippen LogP contribution in [-0.2, 0) is 11.3 Å². The molecule has 1 aromatic carbocycles. The molecule has 3 rings (SSSR count). The molecule has 0 N–H and O–H groups in total. The number of hydrogen-bond acceptors (Lipinski definition) is 1. The minimum absolute atomic E-state index is 0.752. The number of para-hydroxylation sites is 1. The summed E-state index contributed by atoms with van der Waals surface area (Å²) in [6, 6.07) is 8.50. The molecule has 0 spiro atoms. The molecule has 0 atom stereocenters. The third kappa shape index (κ3) is 0.981. The van der Waals surface area contributed by atoms with Gasteiger partial charge in [-0.3, -0.25) is 0 Å². The van der Waals surface area contributed by atoms with E-state index in [1.165, 1.54) is 23.6 Å². The molecule has 2 nitrogen and oxygen atoms in total. The molecule has 0 unspecified atom stereocenters. The van der Waals surface area contributed by atoms with Crippen LogP contribution in [0.15, 0.2) is 24.3 Å². The molecule has 13 heavy (non-hydrogen) atoms. The van der Waals surface area contributed by atoms with Crippen LogP contribution < -0.4 is 0 Å². The summed E-state index contributed by atoms with van der Waals surface area (Å²) in [7, 11) is 0. The molecule has 0 aromatic heterocycles. The number of hydrogen-bond donors (Lipinski definition) is 0. The van der Waals surface area contributed by atoms with Gasteiger partial charge in [0.2, 0.25) is 5.69 Å². The molecular formula is C11H12NO+. The van der Waals surface area contributed by atoms with E-state index >= 15 is 0 Å².